The highest BCUT2D eigenvalue weighted by Gasteiger charge is 2.86. The van der Waals surface area contributed by atoms with Crippen molar-refractivity contribution in [3.05, 3.63) is 81.9 Å². The van der Waals surface area contributed by atoms with E-state index >= 15 is 0 Å². The second kappa shape index (κ2) is 39.3. The lowest BCUT2D eigenvalue weighted by Gasteiger charge is -2.39. The van der Waals surface area contributed by atoms with Gasteiger partial charge >= 0.3 is 86.1 Å². The van der Waals surface area contributed by atoms with Gasteiger partial charge in [-0.15, -0.1) is 0 Å². The van der Waals surface area contributed by atoms with Crippen molar-refractivity contribution < 1.29 is 182 Å². The molecule has 0 amide bonds. The molecule has 5 nitrogen and oxygen atoms in total. The molecule has 628 valence electrons. The number of hydrogen-bond donors (Lipinski definition) is 0. The number of carbonyl (C=O) groups is 2. The highest BCUT2D eigenvalue weighted by molar-refractivity contribution is 5.69. The number of rotatable bonds is 43. The van der Waals surface area contributed by atoms with Gasteiger partial charge in [0.1, 0.15) is 19.3 Å². The Hall–Kier alpha value is -5.44. The molecule has 2 aromatic carbocycles. The summed E-state index contributed by atoms with van der Waals surface area (Å²) in [5.74, 6) is -2.04. The van der Waals surface area contributed by atoms with Crippen LogP contribution >= 0.6 is 0 Å². The third kappa shape index (κ3) is 26.6. The standard InChI is InChI=1S/C67H78F36O5/c1-2-3-4-5-6-7-8-9-10-11-12-13-14-15-20-25-30-106-49(41-107-50(104)28-23-18-16-21-26-43-31-45(37-52(56(68,69)70,57(71,72)73)58(74,75)76)35-46(32-43)38-53(59(77,78)79,60(80,81)82)61(83,84)85)42-108-51(105)29-24-19-17-22-27-44-33-47(39-54(62(86,87)88,63(89,90)91)64(92,93)94)36-48(34-44)40-55(65(95,96)97,66(98,99)100)67(101,102)103/h9-10,31-36,49H,2-8,11-30,37-42H2,1H3/b10-9-. The first-order valence-corrected chi connectivity index (χ1v) is 33.6. The van der Waals surface area contributed by atoms with Crippen molar-refractivity contribution >= 4 is 11.9 Å². The van der Waals surface area contributed by atoms with Gasteiger partial charge in [0, 0.05) is 45.1 Å². The summed E-state index contributed by atoms with van der Waals surface area (Å²) < 4.78 is 517. The predicted octanol–water partition coefficient (Wildman–Crippen LogP) is 25.7. The fraction of sp³-hybridized carbons (Fsp3) is 0.761. The van der Waals surface area contributed by atoms with Gasteiger partial charge < -0.3 is 14.2 Å². The smallest absolute Gasteiger partial charge is 0.412 e. The van der Waals surface area contributed by atoms with E-state index in [2.05, 4.69) is 19.1 Å². The summed E-state index contributed by atoms with van der Waals surface area (Å²) in [6.45, 7) is 0.749. The number of allylic oxidation sites excluding steroid dienone is 2. The SMILES string of the molecule is CCCCCCCC/C=C\CCCCCCCCOC(COC(=O)CCCCCCc1cc(CC(C(F)(F)F)(C(F)(F)F)C(F)(F)F)cc(CC(C(F)(F)F)(C(F)(F)F)C(F)(F)F)c1)COC(=O)CCCCCCc1cc(CC(C(F)(F)F)(C(F)(F)F)C(F)(F)F)cc(CC(C(F)(F)F)(C(F)(F)F)C(F)(F)F)c1. The molecule has 0 heterocycles. The van der Waals surface area contributed by atoms with E-state index in [0.717, 1.165) is 57.8 Å². The van der Waals surface area contributed by atoms with E-state index in [0.29, 0.717) is 12.8 Å². The molecule has 0 N–H and O–H groups in total. The molecule has 108 heavy (non-hydrogen) atoms. The molecule has 0 bridgehead atoms. The topological polar surface area (TPSA) is 61.8 Å². The van der Waals surface area contributed by atoms with E-state index in [1.807, 2.05) is 0 Å². The van der Waals surface area contributed by atoms with Crippen molar-refractivity contribution in [1.29, 1.82) is 0 Å². The van der Waals surface area contributed by atoms with Crippen LogP contribution in [-0.2, 0) is 62.3 Å². The van der Waals surface area contributed by atoms with Crippen LogP contribution in [0.4, 0.5) is 158 Å². The summed E-state index contributed by atoms with van der Waals surface area (Å²) in [6, 6.07) is -0.706. The van der Waals surface area contributed by atoms with Crippen LogP contribution in [-0.4, -0.2) is 112 Å². The molecule has 0 aliphatic carbocycles. The number of ether oxygens (including phenoxy) is 3. The molecule has 0 aromatic heterocycles. The van der Waals surface area contributed by atoms with E-state index in [-0.39, 0.29) is 69.4 Å². The maximum Gasteiger partial charge on any atom is 0.412 e. The van der Waals surface area contributed by atoms with Gasteiger partial charge in [0.25, 0.3) is 21.7 Å². The molecule has 0 spiro atoms. The van der Waals surface area contributed by atoms with Crippen LogP contribution in [0.15, 0.2) is 48.6 Å². The minimum atomic E-state index is -7.34. The van der Waals surface area contributed by atoms with E-state index in [1.165, 1.54) is 19.3 Å². The molecule has 0 radical (unpaired) electrons. The number of benzene rings is 2. The number of aryl methyl sites for hydroxylation is 2. The van der Waals surface area contributed by atoms with Crippen LogP contribution < -0.4 is 0 Å². The Bertz CT molecular complexity index is 2580. The summed E-state index contributed by atoms with van der Waals surface area (Å²) >= 11 is 0. The lowest BCUT2D eigenvalue weighted by atomic mass is 9.76. The van der Waals surface area contributed by atoms with Gasteiger partial charge in [-0.3, -0.25) is 9.59 Å². The molecule has 0 aliphatic heterocycles. The zero-order valence-electron chi connectivity index (χ0n) is 57.2. The Morgan fingerprint density at radius 2 is 0.500 bits per heavy atom. The van der Waals surface area contributed by atoms with E-state index in [4.69, 9.17) is 14.2 Å². The predicted molar refractivity (Wildman–Crippen MR) is 315 cm³/mol. The molecule has 0 unspecified atom stereocenters. The van der Waals surface area contributed by atoms with Crippen molar-refractivity contribution in [2.75, 3.05) is 19.8 Å². The zero-order chi connectivity index (χ0) is 83.3. The Labute approximate surface area is 595 Å². The number of carbonyl (C=O) groups excluding carboxylic acids is 2. The van der Waals surface area contributed by atoms with E-state index in [1.54, 1.807) is 0 Å². The molecule has 0 fully saturated rings. The highest BCUT2D eigenvalue weighted by atomic mass is 19.5. The van der Waals surface area contributed by atoms with Crippen LogP contribution in [0.25, 0.3) is 0 Å². The second-order valence-electron chi connectivity index (χ2n) is 26.2. The first-order chi connectivity index (χ1) is 49.0. The van der Waals surface area contributed by atoms with Crippen LogP contribution in [0.5, 0.6) is 0 Å². The fourth-order valence-electron chi connectivity index (χ4n) is 11.9. The molecule has 0 saturated carbocycles. The summed E-state index contributed by atoms with van der Waals surface area (Å²) in [4.78, 5) is 25.7. The van der Waals surface area contributed by atoms with Gasteiger partial charge in [0.05, 0.1) is 0 Å². The second-order valence-corrected chi connectivity index (χ2v) is 26.2. The Morgan fingerprint density at radius 1 is 0.287 bits per heavy atom. The summed E-state index contributed by atoms with van der Waals surface area (Å²) in [5, 5.41) is 0. The van der Waals surface area contributed by atoms with Crippen molar-refractivity contribution in [3.63, 3.8) is 0 Å². The molecular weight excluding hydrogens is 1570 g/mol. The Kier molecular flexibility index (Phi) is 35.9. The fourth-order valence-corrected chi connectivity index (χ4v) is 11.9. The van der Waals surface area contributed by atoms with Crippen molar-refractivity contribution in [2.24, 2.45) is 21.7 Å². The van der Waals surface area contributed by atoms with Gasteiger partial charge in [-0.05, 0) is 104 Å². The third-order valence-corrected chi connectivity index (χ3v) is 18.0. The summed E-state index contributed by atoms with van der Waals surface area (Å²) in [5.41, 5.74) is -36.6. The largest absolute Gasteiger partial charge is 0.463 e. The molecule has 2 rings (SSSR count). The lowest BCUT2D eigenvalue weighted by Crippen LogP contribution is -2.61. The van der Waals surface area contributed by atoms with E-state index in [9.17, 15) is 168 Å². The highest BCUT2D eigenvalue weighted by Crippen LogP contribution is 2.66. The molecular formula is C67H78F36O5. The minimum absolute atomic E-state index is 0.0425. The van der Waals surface area contributed by atoms with Gasteiger partial charge in [-0.1, -0.05) is 139 Å². The molecule has 0 atom stereocenters. The van der Waals surface area contributed by atoms with Crippen LogP contribution in [0.2, 0.25) is 0 Å². The number of halogens is 36. The summed E-state index contributed by atoms with van der Waals surface area (Å²) in [7, 11) is 0. The normalized spacial score (nSPS) is 14.4. The Morgan fingerprint density at radius 3 is 0.750 bits per heavy atom. The van der Waals surface area contributed by atoms with Crippen LogP contribution in [0.3, 0.4) is 0 Å². The maximum atomic E-state index is 13.9. The van der Waals surface area contributed by atoms with Crippen LogP contribution in [0.1, 0.15) is 194 Å². The van der Waals surface area contributed by atoms with E-state index < -0.39 is 237 Å². The van der Waals surface area contributed by atoms with Gasteiger partial charge in [0.15, 0.2) is 0 Å². The average molecular weight is 1650 g/mol. The molecule has 0 saturated heterocycles. The first-order valence-electron chi connectivity index (χ1n) is 33.6. The van der Waals surface area contributed by atoms with Crippen LogP contribution in [0, 0.1) is 21.7 Å². The molecule has 2 aromatic rings. The maximum absolute atomic E-state index is 13.9. The first kappa shape index (κ1) is 98.6. The van der Waals surface area contributed by atoms with Gasteiger partial charge in [0.2, 0.25) is 0 Å². The molecule has 0 aliphatic rings. The van der Waals surface area contributed by atoms with Crippen molar-refractivity contribution in [3.8, 4) is 0 Å². The number of alkyl halides is 36. The van der Waals surface area contributed by atoms with Crippen molar-refractivity contribution in [1.82, 2.24) is 0 Å². The Balaban J connectivity index is 2.30. The van der Waals surface area contributed by atoms with Gasteiger partial charge in [-0.25, -0.2) is 0 Å². The number of unbranched alkanes of at least 4 members (excludes halogenated alkanes) is 18. The quantitative estimate of drug-likeness (QED) is 0.0287. The molecule has 41 heteroatoms. The minimum Gasteiger partial charge on any atom is -0.463 e. The zero-order valence-corrected chi connectivity index (χ0v) is 57.2. The average Bonchev–Trinajstić information content (AvgIpc) is 0.740. The van der Waals surface area contributed by atoms with Crippen molar-refractivity contribution in [2.45, 2.75) is 280 Å². The van der Waals surface area contributed by atoms with Gasteiger partial charge in [-0.2, -0.15) is 158 Å². The monoisotopic (exact) mass is 1650 g/mol. The number of esters is 2. The lowest BCUT2D eigenvalue weighted by molar-refractivity contribution is -0.428. The summed E-state index contributed by atoms with van der Waals surface area (Å²) in [6.07, 6.45) is -90.0. The third-order valence-electron chi connectivity index (χ3n) is 18.0. The number of hydrogen-bond acceptors (Lipinski definition) is 5.